The predicted molar refractivity (Wildman–Crippen MR) is 70.8 cm³/mol. The van der Waals surface area contributed by atoms with Crippen molar-refractivity contribution in [2.24, 2.45) is 0 Å². The number of allylic oxidation sites excluding steroid dienone is 4. The van der Waals surface area contributed by atoms with Crippen molar-refractivity contribution in [3.05, 3.63) is 34.4 Å². The summed E-state index contributed by atoms with van der Waals surface area (Å²) in [5.74, 6) is 0.0718. The molecule has 0 aromatic carbocycles. The lowest BCUT2D eigenvalue weighted by atomic mass is 9.88. The Morgan fingerprint density at radius 1 is 1.47 bits per heavy atom. The molecule has 1 aliphatic rings. The largest absolute Gasteiger partial charge is 0.388 e. The van der Waals surface area contributed by atoms with Crippen LogP contribution in [-0.4, -0.2) is 17.0 Å². The highest BCUT2D eigenvalue weighted by atomic mass is 16.3. The molecule has 2 nitrogen and oxygen atoms in total. The van der Waals surface area contributed by atoms with Crippen molar-refractivity contribution < 1.29 is 9.90 Å². The Kier molecular flexibility index (Phi) is 4.88. The Hall–Kier alpha value is -1.15. The van der Waals surface area contributed by atoms with E-state index in [1.54, 1.807) is 13.0 Å². The summed E-state index contributed by atoms with van der Waals surface area (Å²) in [7, 11) is 0. The summed E-state index contributed by atoms with van der Waals surface area (Å²) in [4.78, 5) is 11.8. The molecular weight excluding hydrogens is 212 g/mol. The summed E-state index contributed by atoms with van der Waals surface area (Å²) in [6.07, 6.45) is 5.58. The van der Waals surface area contributed by atoms with Crippen LogP contribution >= 0.6 is 0 Å². The number of aliphatic hydroxyl groups is 1. The minimum Gasteiger partial charge on any atom is -0.388 e. The first-order valence-corrected chi connectivity index (χ1v) is 6.14. The molecule has 0 bridgehead atoms. The zero-order valence-corrected chi connectivity index (χ0v) is 11.2. The monoisotopic (exact) mass is 234 g/mol. The molecular formula is C15H22O2. The highest BCUT2D eigenvalue weighted by Crippen LogP contribution is 2.25. The average Bonchev–Trinajstić information content (AvgIpc) is 2.22. The van der Waals surface area contributed by atoms with Gasteiger partial charge in [0.1, 0.15) is 0 Å². The first kappa shape index (κ1) is 13.9. The molecule has 0 aromatic heterocycles. The fourth-order valence-electron chi connectivity index (χ4n) is 1.96. The fourth-order valence-corrected chi connectivity index (χ4v) is 1.96. The van der Waals surface area contributed by atoms with Gasteiger partial charge in [0.25, 0.3) is 0 Å². The van der Waals surface area contributed by atoms with E-state index in [9.17, 15) is 9.90 Å². The second kappa shape index (κ2) is 5.97. The second-order valence-electron chi connectivity index (χ2n) is 5.05. The maximum atomic E-state index is 11.8. The van der Waals surface area contributed by atoms with Gasteiger partial charge >= 0.3 is 0 Å². The van der Waals surface area contributed by atoms with Gasteiger partial charge in [0, 0.05) is 12.0 Å². The number of hydrogen-bond acceptors (Lipinski definition) is 2. The summed E-state index contributed by atoms with van der Waals surface area (Å²) in [6.45, 7) is 7.94. The topological polar surface area (TPSA) is 37.3 Å². The molecule has 1 rings (SSSR count). The van der Waals surface area contributed by atoms with Gasteiger partial charge in [-0.15, -0.1) is 0 Å². The zero-order valence-electron chi connectivity index (χ0n) is 11.2. The van der Waals surface area contributed by atoms with Gasteiger partial charge in [-0.2, -0.15) is 0 Å². The maximum absolute atomic E-state index is 11.8. The Bertz CT molecular complexity index is 393. The molecule has 0 heterocycles. The molecule has 0 saturated heterocycles. The number of rotatable bonds is 3. The van der Waals surface area contributed by atoms with Gasteiger partial charge in [0.2, 0.25) is 0 Å². The van der Waals surface area contributed by atoms with Gasteiger partial charge < -0.3 is 5.11 Å². The lowest BCUT2D eigenvalue weighted by Crippen LogP contribution is -2.20. The first-order valence-electron chi connectivity index (χ1n) is 6.14. The number of carbonyl (C=O) groups excluding carboxylic acids is 1. The van der Waals surface area contributed by atoms with Crippen molar-refractivity contribution in [3.63, 3.8) is 0 Å². The fraction of sp³-hybridized carbons (Fsp3) is 0.533. The van der Waals surface area contributed by atoms with Crippen LogP contribution in [0.1, 0.15) is 47.0 Å². The molecule has 1 unspecified atom stereocenters. The molecule has 1 aliphatic carbocycles. The van der Waals surface area contributed by atoms with E-state index in [1.165, 1.54) is 5.57 Å². The van der Waals surface area contributed by atoms with E-state index < -0.39 is 6.10 Å². The third-order valence-electron chi connectivity index (χ3n) is 3.17. The molecule has 2 heteroatoms. The van der Waals surface area contributed by atoms with E-state index in [-0.39, 0.29) is 5.78 Å². The lowest BCUT2D eigenvalue weighted by Gasteiger charge is -2.20. The second-order valence-corrected chi connectivity index (χ2v) is 5.05. The molecule has 0 saturated carbocycles. The quantitative estimate of drug-likeness (QED) is 0.600. The van der Waals surface area contributed by atoms with Crippen molar-refractivity contribution in [1.29, 1.82) is 0 Å². The van der Waals surface area contributed by atoms with Crippen molar-refractivity contribution in [3.8, 4) is 0 Å². The van der Waals surface area contributed by atoms with Crippen LogP contribution in [0.2, 0.25) is 0 Å². The van der Waals surface area contributed by atoms with Crippen LogP contribution in [0.15, 0.2) is 34.4 Å². The zero-order chi connectivity index (χ0) is 13.0. The van der Waals surface area contributed by atoms with Gasteiger partial charge in [-0.1, -0.05) is 17.2 Å². The number of aliphatic hydroxyl groups excluding tert-OH is 1. The molecule has 94 valence electrons. The van der Waals surface area contributed by atoms with Crippen LogP contribution in [-0.2, 0) is 4.79 Å². The maximum Gasteiger partial charge on any atom is 0.181 e. The number of ketones is 1. The van der Waals surface area contributed by atoms with Gasteiger partial charge in [-0.3, -0.25) is 4.79 Å². The number of carbonyl (C=O) groups is 1. The van der Waals surface area contributed by atoms with Crippen LogP contribution in [0.4, 0.5) is 0 Å². The predicted octanol–water partition coefficient (Wildman–Crippen LogP) is 3.33. The normalized spacial score (nSPS) is 23.2. The van der Waals surface area contributed by atoms with Crippen LogP contribution < -0.4 is 0 Å². The Morgan fingerprint density at radius 3 is 2.71 bits per heavy atom. The summed E-state index contributed by atoms with van der Waals surface area (Å²) < 4.78 is 0. The minimum absolute atomic E-state index is 0.0718. The molecule has 0 aromatic rings. The van der Waals surface area contributed by atoms with Crippen LogP contribution in [0.3, 0.4) is 0 Å². The smallest absolute Gasteiger partial charge is 0.181 e. The molecule has 0 aliphatic heterocycles. The van der Waals surface area contributed by atoms with E-state index in [1.807, 2.05) is 6.92 Å². The van der Waals surface area contributed by atoms with Crippen LogP contribution in [0.25, 0.3) is 0 Å². The van der Waals surface area contributed by atoms with Gasteiger partial charge in [-0.05, 0) is 52.2 Å². The Balaban J connectivity index is 2.77. The van der Waals surface area contributed by atoms with Crippen molar-refractivity contribution in [2.75, 3.05) is 0 Å². The standard InChI is InChI=1S/C15H22O2/c1-10(2)6-5-7-11(3)13-9-14(16)12(4)8-15(13)17/h6,8,14,16H,5,7,9H2,1-4H3/b13-11+. The molecule has 0 fully saturated rings. The third-order valence-corrected chi connectivity index (χ3v) is 3.17. The number of hydrogen-bond donors (Lipinski definition) is 1. The van der Waals surface area contributed by atoms with Crippen LogP contribution in [0.5, 0.6) is 0 Å². The molecule has 0 spiro atoms. The summed E-state index contributed by atoms with van der Waals surface area (Å²) in [5, 5.41) is 9.76. The van der Waals surface area contributed by atoms with E-state index >= 15 is 0 Å². The van der Waals surface area contributed by atoms with Crippen molar-refractivity contribution in [2.45, 2.75) is 53.1 Å². The van der Waals surface area contributed by atoms with Gasteiger partial charge in [0.15, 0.2) is 5.78 Å². The third kappa shape index (κ3) is 3.97. The average molecular weight is 234 g/mol. The van der Waals surface area contributed by atoms with Crippen LogP contribution in [0, 0.1) is 0 Å². The molecule has 0 radical (unpaired) electrons. The van der Waals surface area contributed by atoms with E-state index in [0.717, 1.165) is 29.6 Å². The van der Waals surface area contributed by atoms with Gasteiger partial charge in [-0.25, -0.2) is 0 Å². The minimum atomic E-state index is -0.485. The summed E-state index contributed by atoms with van der Waals surface area (Å²) in [6, 6.07) is 0. The molecule has 0 amide bonds. The Morgan fingerprint density at radius 2 is 2.12 bits per heavy atom. The highest BCUT2D eigenvalue weighted by molar-refractivity contribution is 6.06. The van der Waals surface area contributed by atoms with E-state index in [4.69, 9.17) is 0 Å². The molecule has 1 N–H and O–H groups in total. The van der Waals surface area contributed by atoms with E-state index in [0.29, 0.717) is 6.42 Å². The summed E-state index contributed by atoms with van der Waals surface area (Å²) >= 11 is 0. The van der Waals surface area contributed by atoms with E-state index in [2.05, 4.69) is 19.9 Å². The first-order chi connectivity index (χ1) is 7.91. The van der Waals surface area contributed by atoms with Crippen molar-refractivity contribution >= 4 is 5.78 Å². The molecule has 1 atom stereocenters. The Labute approximate surface area is 104 Å². The highest BCUT2D eigenvalue weighted by Gasteiger charge is 2.22. The van der Waals surface area contributed by atoms with Crippen molar-refractivity contribution in [1.82, 2.24) is 0 Å². The van der Waals surface area contributed by atoms with Gasteiger partial charge in [0.05, 0.1) is 6.10 Å². The SMILES string of the molecule is CC(C)=CCC/C(C)=C1\CC(O)C(C)=CC1=O. The molecule has 17 heavy (non-hydrogen) atoms. The summed E-state index contributed by atoms with van der Waals surface area (Å²) in [5.41, 5.74) is 3.98. The lowest BCUT2D eigenvalue weighted by molar-refractivity contribution is -0.112.